The fourth-order valence-electron chi connectivity index (χ4n) is 4.20. The lowest BCUT2D eigenvalue weighted by molar-refractivity contribution is -0.144. The van der Waals surface area contributed by atoms with Crippen LogP contribution in [0, 0.1) is 20.8 Å². The summed E-state index contributed by atoms with van der Waals surface area (Å²) in [6.45, 7) is 8.01. The van der Waals surface area contributed by atoms with Crippen molar-refractivity contribution in [2.45, 2.75) is 39.8 Å². The Labute approximate surface area is 194 Å². The van der Waals surface area contributed by atoms with E-state index in [0.717, 1.165) is 15.8 Å². The average molecular weight is 481 g/mol. The van der Waals surface area contributed by atoms with Gasteiger partial charge in [0.1, 0.15) is 0 Å². The standard InChI is InChI=1S/C22H24ClF3N6O/c1-13-4-5-16(23)12-18(13)30-8-10-31(11-9-30)19(33)7-6-17-14(2)27-21-28-20(22(24,25)26)29-32(21)15(17)3/h4-5,12H,6-11H2,1-3H3. The van der Waals surface area contributed by atoms with E-state index in [1.807, 2.05) is 30.0 Å². The first-order valence-corrected chi connectivity index (χ1v) is 11.0. The van der Waals surface area contributed by atoms with Gasteiger partial charge in [0.05, 0.1) is 0 Å². The number of piperazine rings is 1. The minimum absolute atomic E-state index is 0.00549. The second-order valence-electron chi connectivity index (χ2n) is 8.20. The number of anilines is 1. The van der Waals surface area contributed by atoms with E-state index < -0.39 is 12.0 Å². The van der Waals surface area contributed by atoms with Gasteiger partial charge < -0.3 is 9.80 Å². The highest BCUT2D eigenvalue weighted by molar-refractivity contribution is 6.30. The van der Waals surface area contributed by atoms with Crippen LogP contribution < -0.4 is 4.90 Å². The quantitative estimate of drug-likeness (QED) is 0.564. The lowest BCUT2D eigenvalue weighted by Gasteiger charge is -2.37. The summed E-state index contributed by atoms with van der Waals surface area (Å²) in [5.74, 6) is -1.32. The zero-order valence-corrected chi connectivity index (χ0v) is 19.3. The lowest BCUT2D eigenvalue weighted by atomic mass is 10.1. The van der Waals surface area contributed by atoms with Gasteiger partial charge >= 0.3 is 6.18 Å². The molecule has 0 aliphatic carbocycles. The molecule has 3 aromatic rings. The van der Waals surface area contributed by atoms with Gasteiger partial charge in [-0.3, -0.25) is 4.79 Å². The molecular formula is C22H24ClF3N6O. The Morgan fingerprint density at radius 2 is 1.79 bits per heavy atom. The smallest absolute Gasteiger partial charge is 0.368 e. The number of carbonyl (C=O) groups is 1. The van der Waals surface area contributed by atoms with Crippen molar-refractivity contribution in [3.8, 4) is 0 Å². The Kier molecular flexibility index (Phi) is 6.22. The monoisotopic (exact) mass is 480 g/mol. The first-order chi connectivity index (χ1) is 15.5. The zero-order chi connectivity index (χ0) is 23.9. The molecule has 1 aromatic carbocycles. The number of hydrogen-bond donors (Lipinski definition) is 0. The molecular weight excluding hydrogens is 457 g/mol. The first kappa shape index (κ1) is 23.3. The fraction of sp³-hybridized carbons (Fsp3) is 0.455. The van der Waals surface area contributed by atoms with Crippen molar-refractivity contribution in [2.24, 2.45) is 0 Å². The molecule has 176 valence electrons. The Bertz CT molecular complexity index is 1200. The van der Waals surface area contributed by atoms with Crippen molar-refractivity contribution < 1.29 is 18.0 Å². The van der Waals surface area contributed by atoms with Gasteiger partial charge in [-0.1, -0.05) is 17.7 Å². The molecule has 0 spiro atoms. The predicted octanol–water partition coefficient (Wildman–Crippen LogP) is 4.00. The van der Waals surface area contributed by atoms with Gasteiger partial charge in [0.25, 0.3) is 11.6 Å². The summed E-state index contributed by atoms with van der Waals surface area (Å²) in [4.78, 5) is 24.5. The summed E-state index contributed by atoms with van der Waals surface area (Å²) >= 11 is 6.14. The second-order valence-corrected chi connectivity index (χ2v) is 8.64. The minimum Gasteiger partial charge on any atom is -0.368 e. The molecule has 11 heteroatoms. The van der Waals surface area contributed by atoms with Crippen LogP contribution in [0.2, 0.25) is 5.02 Å². The molecule has 0 saturated carbocycles. The number of hydrogen-bond acceptors (Lipinski definition) is 5. The highest BCUT2D eigenvalue weighted by atomic mass is 35.5. The van der Waals surface area contributed by atoms with Gasteiger partial charge in [-0.25, -0.2) is 9.50 Å². The predicted molar refractivity (Wildman–Crippen MR) is 119 cm³/mol. The second kappa shape index (κ2) is 8.81. The van der Waals surface area contributed by atoms with E-state index in [1.54, 1.807) is 13.8 Å². The average Bonchev–Trinajstić information content (AvgIpc) is 3.20. The van der Waals surface area contributed by atoms with Crippen molar-refractivity contribution in [3.63, 3.8) is 0 Å². The molecule has 7 nitrogen and oxygen atoms in total. The molecule has 3 heterocycles. The van der Waals surface area contributed by atoms with E-state index in [2.05, 4.69) is 20.0 Å². The topological polar surface area (TPSA) is 66.6 Å². The van der Waals surface area contributed by atoms with E-state index >= 15 is 0 Å². The summed E-state index contributed by atoms with van der Waals surface area (Å²) in [5.41, 5.74) is 3.98. The van der Waals surface area contributed by atoms with Crippen LogP contribution in [0.15, 0.2) is 18.2 Å². The molecule has 4 rings (SSSR count). The third kappa shape index (κ3) is 4.75. The minimum atomic E-state index is -4.64. The van der Waals surface area contributed by atoms with Crippen molar-refractivity contribution in [1.82, 2.24) is 24.5 Å². The third-order valence-electron chi connectivity index (χ3n) is 6.04. The van der Waals surface area contributed by atoms with Crippen LogP contribution in [0.3, 0.4) is 0 Å². The molecule has 33 heavy (non-hydrogen) atoms. The molecule has 1 saturated heterocycles. The Hall–Kier alpha value is -2.88. The van der Waals surface area contributed by atoms with E-state index in [-0.39, 0.29) is 18.1 Å². The summed E-state index contributed by atoms with van der Waals surface area (Å²) < 4.78 is 40.0. The molecule has 0 atom stereocenters. The molecule has 0 unspecified atom stereocenters. The van der Waals surface area contributed by atoms with Crippen LogP contribution in [0.25, 0.3) is 5.78 Å². The van der Waals surface area contributed by atoms with Crippen LogP contribution in [0.1, 0.15) is 34.8 Å². The number of benzene rings is 1. The first-order valence-electron chi connectivity index (χ1n) is 10.6. The van der Waals surface area contributed by atoms with Gasteiger partial charge in [-0.2, -0.15) is 18.2 Å². The number of rotatable bonds is 4. The molecule has 2 aromatic heterocycles. The number of carbonyl (C=O) groups excluding carboxylic acids is 1. The molecule has 0 N–H and O–H groups in total. The number of alkyl halides is 3. The summed E-state index contributed by atoms with van der Waals surface area (Å²) in [5, 5.41) is 4.24. The maximum atomic E-state index is 13.0. The van der Waals surface area contributed by atoms with E-state index in [4.69, 9.17) is 11.6 Å². The van der Waals surface area contributed by atoms with Crippen LogP contribution in [0.4, 0.5) is 18.9 Å². The largest absolute Gasteiger partial charge is 0.453 e. The zero-order valence-electron chi connectivity index (χ0n) is 18.6. The van der Waals surface area contributed by atoms with E-state index in [9.17, 15) is 18.0 Å². The van der Waals surface area contributed by atoms with Crippen molar-refractivity contribution in [3.05, 3.63) is 51.6 Å². The molecule has 1 fully saturated rings. The normalized spacial score (nSPS) is 14.9. The maximum absolute atomic E-state index is 13.0. The molecule has 0 bridgehead atoms. The summed E-state index contributed by atoms with van der Waals surface area (Å²) in [7, 11) is 0. The van der Waals surface area contributed by atoms with Crippen molar-refractivity contribution in [1.29, 1.82) is 0 Å². The van der Waals surface area contributed by atoms with E-state index in [0.29, 0.717) is 54.6 Å². The Morgan fingerprint density at radius 1 is 1.09 bits per heavy atom. The number of nitrogens with zero attached hydrogens (tertiary/aromatic N) is 6. The number of amides is 1. The number of aryl methyl sites for hydroxylation is 3. The molecule has 1 aliphatic rings. The lowest BCUT2D eigenvalue weighted by Crippen LogP contribution is -2.49. The van der Waals surface area contributed by atoms with Crippen LogP contribution in [-0.4, -0.2) is 56.6 Å². The van der Waals surface area contributed by atoms with Crippen molar-refractivity contribution in [2.75, 3.05) is 31.1 Å². The Morgan fingerprint density at radius 3 is 2.45 bits per heavy atom. The van der Waals surface area contributed by atoms with Gasteiger partial charge in [0, 0.05) is 54.7 Å². The summed E-state index contributed by atoms with van der Waals surface area (Å²) in [6, 6.07) is 5.79. The maximum Gasteiger partial charge on any atom is 0.453 e. The molecule has 1 aliphatic heterocycles. The van der Waals surface area contributed by atoms with Crippen molar-refractivity contribution >= 4 is 29.0 Å². The third-order valence-corrected chi connectivity index (χ3v) is 6.27. The Balaban J connectivity index is 1.41. The van der Waals surface area contributed by atoms with Crippen LogP contribution >= 0.6 is 11.6 Å². The molecule has 0 radical (unpaired) electrons. The molecule has 1 amide bonds. The highest BCUT2D eigenvalue weighted by Crippen LogP contribution is 2.28. The number of fused-ring (bicyclic) bond motifs is 1. The van der Waals surface area contributed by atoms with Crippen LogP contribution in [-0.2, 0) is 17.4 Å². The van der Waals surface area contributed by atoms with Gasteiger partial charge in [0.2, 0.25) is 5.91 Å². The highest BCUT2D eigenvalue weighted by Gasteiger charge is 2.37. The van der Waals surface area contributed by atoms with Gasteiger partial charge in [0.15, 0.2) is 0 Å². The fourth-order valence-corrected chi connectivity index (χ4v) is 4.37. The van der Waals surface area contributed by atoms with E-state index in [1.165, 1.54) is 0 Å². The number of aromatic nitrogens is 4. The van der Waals surface area contributed by atoms with Gasteiger partial charge in [-0.05, 0) is 50.5 Å². The SMILES string of the molecule is Cc1ccc(Cl)cc1N1CCN(C(=O)CCc2c(C)nc3nc(C(F)(F)F)nn3c2C)CC1. The number of halogens is 4. The van der Waals surface area contributed by atoms with Gasteiger partial charge in [-0.15, -0.1) is 5.10 Å². The van der Waals surface area contributed by atoms with Crippen LogP contribution in [0.5, 0.6) is 0 Å². The summed E-state index contributed by atoms with van der Waals surface area (Å²) in [6.07, 6.45) is -4.03.